The van der Waals surface area contributed by atoms with Crippen molar-refractivity contribution in [1.82, 2.24) is 4.90 Å². The molecule has 2 atom stereocenters. The van der Waals surface area contributed by atoms with Crippen LogP contribution in [-0.2, 0) is 11.2 Å². The van der Waals surface area contributed by atoms with Crippen LogP contribution in [0.4, 0.5) is 8.78 Å². The van der Waals surface area contributed by atoms with Gasteiger partial charge in [0.1, 0.15) is 5.82 Å². The molecule has 0 bridgehead atoms. The fourth-order valence-electron chi connectivity index (χ4n) is 3.22. The number of likely N-dealkylation sites (tertiary alicyclic amines) is 1. The van der Waals surface area contributed by atoms with Crippen molar-refractivity contribution < 1.29 is 23.4 Å². The summed E-state index contributed by atoms with van der Waals surface area (Å²) in [4.78, 5) is 14.2. The number of hydrogen-bond acceptors (Lipinski definition) is 3. The number of rotatable bonds is 4. The van der Waals surface area contributed by atoms with E-state index in [-0.39, 0.29) is 36.5 Å². The van der Waals surface area contributed by atoms with Crippen LogP contribution >= 0.6 is 0 Å². The van der Waals surface area contributed by atoms with Crippen LogP contribution in [0.25, 0.3) is 0 Å². The van der Waals surface area contributed by atoms with Crippen LogP contribution < -0.4 is 4.74 Å². The molecular weight excluding hydrogens is 328 g/mol. The molecule has 1 saturated heterocycles. The van der Waals surface area contributed by atoms with E-state index in [4.69, 9.17) is 4.74 Å². The van der Waals surface area contributed by atoms with Gasteiger partial charge in [-0.15, -0.1) is 0 Å². The zero-order valence-electron chi connectivity index (χ0n) is 13.8. The Bertz CT molecular complexity index is 781. The standard InChI is InChI=1S/C19H19F2NO3/c1-25-18-6-5-12(7-16(18)21)8-19(24)22-11-15(23)10-17(22)13-3-2-4-14(20)9-13/h2-7,9,15,17,23H,8,10-11H2,1H3/t15-,17-/m0/s1. The van der Waals surface area contributed by atoms with Gasteiger partial charge in [-0.1, -0.05) is 18.2 Å². The van der Waals surface area contributed by atoms with Gasteiger partial charge in [0.15, 0.2) is 11.6 Å². The predicted molar refractivity (Wildman–Crippen MR) is 88.1 cm³/mol. The van der Waals surface area contributed by atoms with E-state index in [0.717, 1.165) is 0 Å². The molecule has 1 aliphatic rings. The van der Waals surface area contributed by atoms with Crippen LogP contribution in [0.1, 0.15) is 23.6 Å². The molecule has 2 aromatic rings. The first-order valence-corrected chi connectivity index (χ1v) is 8.03. The number of β-amino-alcohol motifs (C(OH)–C–C–N with tert-alkyl or cyclic N) is 1. The molecule has 0 radical (unpaired) electrons. The van der Waals surface area contributed by atoms with E-state index in [1.807, 2.05) is 0 Å². The summed E-state index contributed by atoms with van der Waals surface area (Å²) in [5.41, 5.74) is 1.16. The van der Waals surface area contributed by atoms with Gasteiger partial charge in [0, 0.05) is 6.54 Å². The Balaban J connectivity index is 1.79. The third-order valence-electron chi connectivity index (χ3n) is 4.40. The maximum atomic E-state index is 13.8. The first-order valence-electron chi connectivity index (χ1n) is 8.03. The quantitative estimate of drug-likeness (QED) is 0.925. The van der Waals surface area contributed by atoms with Crippen LogP contribution in [0.3, 0.4) is 0 Å². The Labute approximate surface area is 144 Å². The first kappa shape index (κ1) is 17.4. The summed E-state index contributed by atoms with van der Waals surface area (Å²) in [7, 11) is 1.37. The number of carbonyl (C=O) groups excluding carboxylic acids is 1. The van der Waals surface area contributed by atoms with Crippen molar-refractivity contribution in [3.63, 3.8) is 0 Å². The SMILES string of the molecule is COc1ccc(CC(=O)N2C[C@@H](O)C[C@H]2c2cccc(F)c2)cc1F. The second-order valence-corrected chi connectivity index (χ2v) is 6.15. The van der Waals surface area contributed by atoms with E-state index in [0.29, 0.717) is 17.5 Å². The maximum Gasteiger partial charge on any atom is 0.227 e. The summed E-state index contributed by atoms with van der Waals surface area (Å²) in [5.74, 6) is -1.04. The Morgan fingerprint density at radius 2 is 2.08 bits per heavy atom. The van der Waals surface area contributed by atoms with Crippen LogP contribution in [-0.4, -0.2) is 35.7 Å². The van der Waals surface area contributed by atoms with Crippen molar-refractivity contribution in [3.05, 3.63) is 65.2 Å². The highest BCUT2D eigenvalue weighted by Gasteiger charge is 2.35. The number of aliphatic hydroxyl groups excluding tert-OH is 1. The molecule has 1 fully saturated rings. The summed E-state index contributed by atoms with van der Waals surface area (Å²) >= 11 is 0. The van der Waals surface area contributed by atoms with Crippen LogP contribution in [0.5, 0.6) is 5.75 Å². The number of carbonyl (C=O) groups is 1. The number of halogens is 2. The van der Waals surface area contributed by atoms with Crippen LogP contribution in [0.15, 0.2) is 42.5 Å². The zero-order valence-corrected chi connectivity index (χ0v) is 13.8. The molecule has 0 aromatic heterocycles. The number of aliphatic hydroxyl groups is 1. The van der Waals surface area contributed by atoms with Crippen LogP contribution in [0.2, 0.25) is 0 Å². The lowest BCUT2D eigenvalue weighted by atomic mass is 10.0. The fraction of sp³-hybridized carbons (Fsp3) is 0.316. The van der Waals surface area contributed by atoms with Crippen LogP contribution in [0, 0.1) is 11.6 Å². The molecule has 0 unspecified atom stereocenters. The monoisotopic (exact) mass is 347 g/mol. The van der Waals surface area contributed by atoms with E-state index in [1.54, 1.807) is 18.2 Å². The molecule has 1 N–H and O–H groups in total. The summed E-state index contributed by atoms with van der Waals surface area (Å²) in [6.45, 7) is 0.179. The highest BCUT2D eigenvalue weighted by atomic mass is 19.1. The van der Waals surface area contributed by atoms with Gasteiger partial charge in [-0.25, -0.2) is 8.78 Å². The predicted octanol–water partition coefficient (Wildman–Crippen LogP) is 2.85. The molecule has 2 aromatic carbocycles. The maximum absolute atomic E-state index is 13.8. The minimum Gasteiger partial charge on any atom is -0.494 e. The van der Waals surface area contributed by atoms with Gasteiger partial charge >= 0.3 is 0 Å². The molecule has 1 aliphatic heterocycles. The number of amides is 1. The third kappa shape index (κ3) is 3.79. The average molecular weight is 347 g/mol. The van der Waals surface area contributed by atoms with Crippen molar-refractivity contribution in [3.8, 4) is 5.75 Å². The normalized spacial score (nSPS) is 19.9. The van der Waals surface area contributed by atoms with Crippen molar-refractivity contribution in [1.29, 1.82) is 0 Å². The molecular formula is C19H19F2NO3. The molecule has 6 heteroatoms. The summed E-state index contributed by atoms with van der Waals surface area (Å²) < 4.78 is 32.1. The molecule has 4 nitrogen and oxygen atoms in total. The second kappa shape index (κ2) is 7.19. The van der Waals surface area contributed by atoms with E-state index < -0.39 is 11.9 Å². The Kier molecular flexibility index (Phi) is 4.99. The summed E-state index contributed by atoms with van der Waals surface area (Å²) in [5, 5.41) is 9.96. The van der Waals surface area contributed by atoms with Gasteiger partial charge in [-0.2, -0.15) is 0 Å². The minimum atomic E-state index is -0.662. The van der Waals surface area contributed by atoms with Gasteiger partial charge in [0.2, 0.25) is 5.91 Å². The van der Waals surface area contributed by atoms with Gasteiger partial charge in [0.25, 0.3) is 0 Å². The minimum absolute atomic E-state index is 0.000546. The van der Waals surface area contributed by atoms with Crippen molar-refractivity contribution in [2.45, 2.75) is 25.0 Å². The Morgan fingerprint density at radius 3 is 2.76 bits per heavy atom. The Hall–Kier alpha value is -2.47. The number of benzene rings is 2. The van der Waals surface area contributed by atoms with E-state index >= 15 is 0 Å². The van der Waals surface area contributed by atoms with Gasteiger partial charge < -0.3 is 14.7 Å². The van der Waals surface area contributed by atoms with Gasteiger partial charge in [-0.05, 0) is 41.8 Å². The topological polar surface area (TPSA) is 49.8 Å². The molecule has 0 saturated carbocycles. The van der Waals surface area contributed by atoms with Crippen molar-refractivity contribution in [2.24, 2.45) is 0 Å². The van der Waals surface area contributed by atoms with Gasteiger partial charge in [-0.3, -0.25) is 4.79 Å². The first-order chi connectivity index (χ1) is 12.0. The number of nitrogens with zero attached hydrogens (tertiary/aromatic N) is 1. The average Bonchev–Trinajstić information content (AvgIpc) is 2.97. The molecule has 1 heterocycles. The summed E-state index contributed by atoms with van der Waals surface area (Å²) in [6, 6.07) is 10.00. The van der Waals surface area contributed by atoms with E-state index in [1.165, 1.54) is 36.3 Å². The molecule has 3 rings (SSSR count). The number of methoxy groups -OCH3 is 1. The molecule has 0 aliphatic carbocycles. The summed E-state index contributed by atoms with van der Waals surface area (Å²) in [6.07, 6.45) is -0.309. The molecule has 25 heavy (non-hydrogen) atoms. The molecule has 0 spiro atoms. The lowest BCUT2D eigenvalue weighted by Gasteiger charge is -2.25. The zero-order chi connectivity index (χ0) is 18.0. The molecule has 1 amide bonds. The lowest BCUT2D eigenvalue weighted by Crippen LogP contribution is -2.33. The number of hydrogen-bond donors (Lipinski definition) is 1. The highest BCUT2D eigenvalue weighted by molar-refractivity contribution is 5.79. The number of ether oxygens (including phenoxy) is 1. The molecule has 132 valence electrons. The fourth-order valence-corrected chi connectivity index (χ4v) is 3.22. The smallest absolute Gasteiger partial charge is 0.227 e. The van der Waals surface area contributed by atoms with E-state index in [2.05, 4.69) is 0 Å². The second-order valence-electron chi connectivity index (χ2n) is 6.15. The van der Waals surface area contributed by atoms with Crippen molar-refractivity contribution >= 4 is 5.91 Å². The van der Waals surface area contributed by atoms with Crippen molar-refractivity contribution in [2.75, 3.05) is 13.7 Å². The Morgan fingerprint density at radius 1 is 1.28 bits per heavy atom. The van der Waals surface area contributed by atoms with Gasteiger partial charge in [0.05, 0.1) is 25.7 Å². The largest absolute Gasteiger partial charge is 0.494 e. The highest BCUT2D eigenvalue weighted by Crippen LogP contribution is 2.33. The lowest BCUT2D eigenvalue weighted by molar-refractivity contribution is -0.131. The third-order valence-corrected chi connectivity index (χ3v) is 4.40. The van der Waals surface area contributed by atoms with E-state index in [9.17, 15) is 18.7 Å².